The standard InChI is InChI=1S/C14H19ClN2O2/c1-14(2,3)19-13(18)17-12-5-4-9(6-11(12)15)10-7-16-8-10/h4-6,10,16H,7-8H2,1-3H3,(H,17,18). The number of carbonyl (C=O) groups excluding carboxylic acids is 1. The SMILES string of the molecule is CC(C)(C)OC(=O)Nc1ccc(C2CNC2)cc1Cl. The fraction of sp³-hybridized carbons (Fsp3) is 0.500. The van der Waals surface area contributed by atoms with Gasteiger partial charge in [0.2, 0.25) is 0 Å². The number of nitrogens with one attached hydrogen (secondary N) is 2. The Morgan fingerprint density at radius 1 is 1.42 bits per heavy atom. The molecule has 1 heterocycles. The van der Waals surface area contributed by atoms with Crippen molar-refractivity contribution < 1.29 is 9.53 Å². The number of rotatable bonds is 2. The van der Waals surface area contributed by atoms with Crippen LogP contribution in [0.3, 0.4) is 0 Å². The maximum Gasteiger partial charge on any atom is 0.412 e. The summed E-state index contributed by atoms with van der Waals surface area (Å²) in [5, 5.41) is 6.42. The maximum absolute atomic E-state index is 11.7. The number of anilines is 1. The third-order valence-corrected chi connectivity index (χ3v) is 3.19. The molecule has 0 unspecified atom stereocenters. The van der Waals surface area contributed by atoms with E-state index >= 15 is 0 Å². The molecule has 1 fully saturated rings. The van der Waals surface area contributed by atoms with Gasteiger partial charge in [-0.3, -0.25) is 5.32 Å². The summed E-state index contributed by atoms with van der Waals surface area (Å²) in [6.45, 7) is 7.42. The van der Waals surface area contributed by atoms with Crippen molar-refractivity contribution >= 4 is 23.4 Å². The number of halogens is 1. The summed E-state index contributed by atoms with van der Waals surface area (Å²) >= 11 is 6.18. The van der Waals surface area contributed by atoms with Crippen molar-refractivity contribution in [2.24, 2.45) is 0 Å². The van der Waals surface area contributed by atoms with Crippen LogP contribution in [0.5, 0.6) is 0 Å². The monoisotopic (exact) mass is 282 g/mol. The van der Waals surface area contributed by atoms with Crippen LogP contribution < -0.4 is 10.6 Å². The molecule has 0 radical (unpaired) electrons. The molecule has 1 aromatic carbocycles. The summed E-state index contributed by atoms with van der Waals surface area (Å²) in [4.78, 5) is 11.7. The molecule has 1 aliphatic heterocycles. The molecule has 4 nitrogen and oxygen atoms in total. The summed E-state index contributed by atoms with van der Waals surface area (Å²) < 4.78 is 5.19. The van der Waals surface area contributed by atoms with Crippen LogP contribution in [0.25, 0.3) is 0 Å². The van der Waals surface area contributed by atoms with E-state index < -0.39 is 11.7 Å². The number of benzene rings is 1. The van der Waals surface area contributed by atoms with Crippen molar-refractivity contribution in [3.05, 3.63) is 28.8 Å². The second kappa shape index (κ2) is 5.39. The predicted molar refractivity (Wildman–Crippen MR) is 76.9 cm³/mol. The zero-order valence-corrected chi connectivity index (χ0v) is 12.2. The number of carbonyl (C=O) groups is 1. The van der Waals surface area contributed by atoms with E-state index in [0.29, 0.717) is 16.6 Å². The van der Waals surface area contributed by atoms with Crippen LogP contribution >= 0.6 is 11.6 Å². The maximum atomic E-state index is 11.7. The zero-order valence-electron chi connectivity index (χ0n) is 11.4. The van der Waals surface area contributed by atoms with Gasteiger partial charge in [-0.2, -0.15) is 0 Å². The molecule has 1 aromatic rings. The van der Waals surface area contributed by atoms with Crippen molar-refractivity contribution in [2.45, 2.75) is 32.3 Å². The lowest BCUT2D eigenvalue weighted by Gasteiger charge is -2.28. The minimum absolute atomic E-state index is 0.493. The summed E-state index contributed by atoms with van der Waals surface area (Å²) in [5.74, 6) is 0.521. The number of amides is 1. The van der Waals surface area contributed by atoms with E-state index in [9.17, 15) is 4.79 Å². The highest BCUT2D eigenvalue weighted by molar-refractivity contribution is 6.33. The molecule has 19 heavy (non-hydrogen) atoms. The average Bonchev–Trinajstić information content (AvgIpc) is 2.16. The van der Waals surface area contributed by atoms with Crippen LogP contribution in [0.2, 0.25) is 5.02 Å². The molecule has 5 heteroatoms. The highest BCUT2D eigenvalue weighted by atomic mass is 35.5. The number of hydrogen-bond donors (Lipinski definition) is 2. The first kappa shape index (κ1) is 14.2. The minimum Gasteiger partial charge on any atom is -0.444 e. The molecule has 1 aliphatic rings. The van der Waals surface area contributed by atoms with Crippen molar-refractivity contribution in [2.75, 3.05) is 18.4 Å². The van der Waals surface area contributed by atoms with Gasteiger partial charge in [0, 0.05) is 19.0 Å². The van der Waals surface area contributed by atoms with E-state index in [1.54, 1.807) is 0 Å². The summed E-state index contributed by atoms with van der Waals surface area (Å²) in [6, 6.07) is 5.71. The van der Waals surface area contributed by atoms with Crippen molar-refractivity contribution in [1.29, 1.82) is 0 Å². The van der Waals surface area contributed by atoms with Gasteiger partial charge in [-0.25, -0.2) is 4.79 Å². The lowest BCUT2D eigenvalue weighted by atomic mass is 9.94. The first-order valence-electron chi connectivity index (χ1n) is 6.35. The van der Waals surface area contributed by atoms with Gasteiger partial charge >= 0.3 is 6.09 Å². The van der Waals surface area contributed by atoms with Crippen LogP contribution in [0.15, 0.2) is 18.2 Å². The summed E-state index contributed by atoms with van der Waals surface area (Å²) in [6.07, 6.45) is -0.493. The molecule has 104 valence electrons. The average molecular weight is 283 g/mol. The van der Waals surface area contributed by atoms with E-state index in [2.05, 4.69) is 10.6 Å². The highest BCUT2D eigenvalue weighted by Crippen LogP contribution is 2.28. The molecule has 0 bridgehead atoms. The van der Waals surface area contributed by atoms with Gasteiger partial charge in [0.25, 0.3) is 0 Å². The van der Waals surface area contributed by atoms with Gasteiger partial charge in [-0.05, 0) is 38.5 Å². The molecule has 2 rings (SSSR count). The van der Waals surface area contributed by atoms with Crippen molar-refractivity contribution in [1.82, 2.24) is 5.32 Å². The third kappa shape index (κ3) is 3.85. The number of hydrogen-bond acceptors (Lipinski definition) is 3. The predicted octanol–water partition coefficient (Wildman–Crippen LogP) is 3.37. The Morgan fingerprint density at radius 2 is 2.11 bits per heavy atom. The zero-order chi connectivity index (χ0) is 14.0. The van der Waals surface area contributed by atoms with Gasteiger partial charge in [0.05, 0.1) is 10.7 Å². The van der Waals surface area contributed by atoms with E-state index in [0.717, 1.165) is 13.1 Å². The van der Waals surface area contributed by atoms with E-state index in [-0.39, 0.29) is 0 Å². The molecular formula is C14H19ClN2O2. The molecule has 0 saturated carbocycles. The Morgan fingerprint density at radius 3 is 2.58 bits per heavy atom. The molecular weight excluding hydrogens is 264 g/mol. The fourth-order valence-corrected chi connectivity index (χ4v) is 2.06. The summed E-state index contributed by atoms with van der Waals surface area (Å²) in [5.41, 5.74) is 1.25. The first-order chi connectivity index (χ1) is 8.85. The number of ether oxygens (including phenoxy) is 1. The Bertz CT molecular complexity index is 479. The van der Waals surface area contributed by atoms with E-state index in [4.69, 9.17) is 16.3 Å². The molecule has 1 saturated heterocycles. The topological polar surface area (TPSA) is 50.4 Å². The van der Waals surface area contributed by atoms with Gasteiger partial charge in [0.1, 0.15) is 5.60 Å². The van der Waals surface area contributed by atoms with Crippen LogP contribution in [0, 0.1) is 0 Å². The van der Waals surface area contributed by atoms with Crippen LogP contribution in [0.4, 0.5) is 10.5 Å². The molecule has 1 amide bonds. The second-order valence-electron chi connectivity index (χ2n) is 5.72. The van der Waals surface area contributed by atoms with Crippen LogP contribution in [-0.4, -0.2) is 24.8 Å². The largest absolute Gasteiger partial charge is 0.444 e. The summed E-state index contributed by atoms with van der Waals surface area (Å²) in [7, 11) is 0. The smallest absolute Gasteiger partial charge is 0.412 e. The Hall–Kier alpha value is -1.26. The molecule has 0 aromatic heterocycles. The lowest BCUT2D eigenvalue weighted by Crippen LogP contribution is -2.39. The molecule has 2 N–H and O–H groups in total. The normalized spacial score (nSPS) is 15.8. The van der Waals surface area contributed by atoms with E-state index in [1.165, 1.54) is 5.56 Å². The Labute approximate surface area is 118 Å². The highest BCUT2D eigenvalue weighted by Gasteiger charge is 2.20. The van der Waals surface area contributed by atoms with Gasteiger partial charge < -0.3 is 10.1 Å². The Kier molecular flexibility index (Phi) is 4.02. The van der Waals surface area contributed by atoms with Crippen molar-refractivity contribution in [3.63, 3.8) is 0 Å². The van der Waals surface area contributed by atoms with Gasteiger partial charge in [-0.1, -0.05) is 17.7 Å². The van der Waals surface area contributed by atoms with Gasteiger partial charge in [-0.15, -0.1) is 0 Å². The van der Waals surface area contributed by atoms with Crippen LogP contribution in [-0.2, 0) is 4.74 Å². The third-order valence-electron chi connectivity index (χ3n) is 2.88. The minimum atomic E-state index is -0.520. The van der Waals surface area contributed by atoms with Gasteiger partial charge in [0.15, 0.2) is 0 Å². The van der Waals surface area contributed by atoms with Crippen LogP contribution in [0.1, 0.15) is 32.3 Å². The fourth-order valence-electron chi connectivity index (χ4n) is 1.82. The Balaban J connectivity index is 2.02. The molecule has 0 spiro atoms. The molecule has 0 atom stereocenters. The second-order valence-corrected chi connectivity index (χ2v) is 6.13. The van der Waals surface area contributed by atoms with E-state index in [1.807, 2.05) is 39.0 Å². The van der Waals surface area contributed by atoms with Crippen molar-refractivity contribution in [3.8, 4) is 0 Å². The quantitative estimate of drug-likeness (QED) is 0.874. The molecule has 0 aliphatic carbocycles. The lowest BCUT2D eigenvalue weighted by molar-refractivity contribution is 0.0636. The first-order valence-corrected chi connectivity index (χ1v) is 6.73.